The zero-order valence-corrected chi connectivity index (χ0v) is 11.7. The minimum absolute atomic E-state index is 0.0486. The van der Waals surface area contributed by atoms with E-state index in [1.165, 1.54) is 12.8 Å². The number of nitrogens with zero attached hydrogens (tertiary/aromatic N) is 2. The van der Waals surface area contributed by atoms with Gasteiger partial charge in [-0.2, -0.15) is 5.10 Å². The van der Waals surface area contributed by atoms with Crippen LogP contribution in [0, 0.1) is 5.92 Å². The second-order valence-corrected chi connectivity index (χ2v) is 4.77. The number of anilines is 1. The largest absolute Gasteiger partial charge is 0.395 e. The molecule has 1 aromatic heterocycles. The zero-order valence-electron chi connectivity index (χ0n) is 11.7. The highest BCUT2D eigenvalue weighted by Crippen LogP contribution is 2.09. The Morgan fingerprint density at radius 1 is 1.58 bits per heavy atom. The van der Waals surface area contributed by atoms with E-state index < -0.39 is 0 Å². The lowest BCUT2D eigenvalue weighted by atomic mass is 10.1. The summed E-state index contributed by atoms with van der Waals surface area (Å²) in [7, 11) is 0. The normalized spacial score (nSPS) is 12.2. The van der Waals surface area contributed by atoms with E-state index in [2.05, 4.69) is 29.6 Å². The Labute approximate surface area is 114 Å². The van der Waals surface area contributed by atoms with E-state index in [4.69, 9.17) is 5.11 Å². The molecule has 6 nitrogen and oxygen atoms in total. The summed E-state index contributed by atoms with van der Waals surface area (Å²) in [4.78, 5) is 11.4. The third-order valence-corrected chi connectivity index (χ3v) is 2.81. The van der Waals surface area contributed by atoms with Crippen LogP contribution in [0.15, 0.2) is 12.4 Å². The predicted molar refractivity (Wildman–Crippen MR) is 74.9 cm³/mol. The van der Waals surface area contributed by atoms with Crippen LogP contribution < -0.4 is 10.6 Å². The summed E-state index contributed by atoms with van der Waals surface area (Å²) >= 11 is 0. The molecule has 0 aliphatic rings. The lowest BCUT2D eigenvalue weighted by molar-refractivity contribution is -0.122. The molecule has 3 N–H and O–H groups in total. The number of carbonyl (C=O) groups excluding carboxylic acids is 1. The van der Waals surface area contributed by atoms with Crippen molar-refractivity contribution < 1.29 is 9.90 Å². The molecule has 0 radical (unpaired) electrons. The molecule has 1 amide bonds. The van der Waals surface area contributed by atoms with E-state index in [0.29, 0.717) is 5.92 Å². The number of amides is 1. The van der Waals surface area contributed by atoms with Crippen molar-refractivity contribution in [1.29, 1.82) is 0 Å². The highest BCUT2D eigenvalue weighted by molar-refractivity contribution is 5.75. The number of aromatic nitrogens is 2. The first-order valence-electron chi connectivity index (χ1n) is 6.79. The topological polar surface area (TPSA) is 79.2 Å². The first kappa shape index (κ1) is 15.5. The first-order chi connectivity index (χ1) is 9.15. The van der Waals surface area contributed by atoms with Gasteiger partial charge in [0.1, 0.15) is 6.54 Å². The molecular weight excluding hydrogens is 244 g/mol. The van der Waals surface area contributed by atoms with Crippen LogP contribution in [0.4, 0.5) is 5.69 Å². The molecule has 0 aliphatic carbocycles. The van der Waals surface area contributed by atoms with Crippen molar-refractivity contribution in [2.24, 2.45) is 5.92 Å². The van der Waals surface area contributed by atoms with Crippen LogP contribution in [0.2, 0.25) is 0 Å². The maximum atomic E-state index is 11.4. The Balaban J connectivity index is 2.33. The van der Waals surface area contributed by atoms with Crippen LogP contribution in [0.25, 0.3) is 0 Å². The number of hydrogen-bond acceptors (Lipinski definition) is 4. The fourth-order valence-corrected chi connectivity index (χ4v) is 1.83. The maximum Gasteiger partial charge on any atom is 0.241 e. The van der Waals surface area contributed by atoms with Gasteiger partial charge < -0.3 is 15.7 Å². The lowest BCUT2D eigenvalue weighted by Crippen LogP contribution is -2.30. The van der Waals surface area contributed by atoms with E-state index in [1.807, 2.05) is 6.20 Å². The summed E-state index contributed by atoms with van der Waals surface area (Å²) in [6, 6.07) is 0. The van der Waals surface area contributed by atoms with Crippen LogP contribution in [0.3, 0.4) is 0 Å². The highest BCUT2D eigenvalue weighted by atomic mass is 16.3. The van der Waals surface area contributed by atoms with Gasteiger partial charge in [-0.15, -0.1) is 0 Å². The number of hydrogen-bond donors (Lipinski definition) is 3. The van der Waals surface area contributed by atoms with Crippen molar-refractivity contribution in [1.82, 2.24) is 15.1 Å². The molecule has 0 aliphatic heterocycles. The number of nitrogens with one attached hydrogen (secondary N) is 2. The molecular formula is C13H24N4O2. The van der Waals surface area contributed by atoms with Gasteiger partial charge >= 0.3 is 0 Å². The van der Waals surface area contributed by atoms with E-state index >= 15 is 0 Å². The summed E-state index contributed by atoms with van der Waals surface area (Å²) in [5.41, 5.74) is 0.929. The maximum absolute atomic E-state index is 11.4. The van der Waals surface area contributed by atoms with E-state index in [9.17, 15) is 4.79 Å². The minimum Gasteiger partial charge on any atom is -0.395 e. The summed E-state index contributed by atoms with van der Waals surface area (Å²) in [5.74, 6) is 0.476. The minimum atomic E-state index is -0.150. The fourth-order valence-electron chi connectivity index (χ4n) is 1.83. The van der Waals surface area contributed by atoms with Crippen LogP contribution in [-0.2, 0) is 11.3 Å². The lowest BCUT2D eigenvalue weighted by Gasteiger charge is -2.10. The fraction of sp³-hybridized carbons (Fsp3) is 0.692. The quantitative estimate of drug-likeness (QED) is 0.620. The van der Waals surface area contributed by atoms with Gasteiger partial charge in [-0.25, -0.2) is 0 Å². The van der Waals surface area contributed by atoms with Crippen LogP contribution in [0.1, 0.15) is 26.7 Å². The summed E-state index contributed by atoms with van der Waals surface area (Å²) < 4.78 is 1.58. The van der Waals surface area contributed by atoms with Crippen molar-refractivity contribution in [3.63, 3.8) is 0 Å². The van der Waals surface area contributed by atoms with E-state index in [-0.39, 0.29) is 25.6 Å². The van der Waals surface area contributed by atoms with Gasteiger partial charge in [0.05, 0.1) is 18.5 Å². The molecule has 0 saturated carbocycles. The Morgan fingerprint density at radius 2 is 2.37 bits per heavy atom. The number of aliphatic hydroxyl groups is 1. The molecule has 1 atom stereocenters. The molecule has 19 heavy (non-hydrogen) atoms. The number of rotatable bonds is 9. The van der Waals surface area contributed by atoms with Crippen molar-refractivity contribution in [2.45, 2.75) is 33.2 Å². The van der Waals surface area contributed by atoms with Gasteiger partial charge in [0, 0.05) is 19.3 Å². The second kappa shape index (κ2) is 8.53. The molecule has 6 heteroatoms. The Hall–Kier alpha value is -1.56. The standard InChI is InChI=1S/C13H24N4O2/c1-3-4-11(2)7-15-12-8-16-17(9-12)10-13(19)14-5-6-18/h8-9,11,15,18H,3-7,10H2,1-2H3,(H,14,19). The molecule has 1 aromatic rings. The highest BCUT2D eigenvalue weighted by Gasteiger charge is 2.05. The third-order valence-electron chi connectivity index (χ3n) is 2.81. The summed E-state index contributed by atoms with van der Waals surface area (Å²) in [6.07, 6.45) is 5.92. The van der Waals surface area contributed by atoms with Crippen LogP contribution in [0.5, 0.6) is 0 Å². The van der Waals surface area contributed by atoms with Gasteiger partial charge in [-0.05, 0) is 12.3 Å². The predicted octanol–water partition coefficient (Wildman–Crippen LogP) is 0.840. The number of aliphatic hydroxyl groups excluding tert-OH is 1. The van der Waals surface area contributed by atoms with Gasteiger partial charge in [0.25, 0.3) is 0 Å². The van der Waals surface area contributed by atoms with E-state index in [1.54, 1.807) is 10.9 Å². The van der Waals surface area contributed by atoms with Crippen molar-refractivity contribution >= 4 is 11.6 Å². The molecule has 0 spiro atoms. The van der Waals surface area contributed by atoms with Gasteiger partial charge in [0.15, 0.2) is 0 Å². The molecule has 0 fully saturated rings. The van der Waals surface area contributed by atoms with Crippen LogP contribution in [-0.4, -0.2) is 40.5 Å². The second-order valence-electron chi connectivity index (χ2n) is 4.77. The molecule has 108 valence electrons. The SMILES string of the molecule is CCCC(C)CNc1cnn(CC(=O)NCCO)c1. The first-order valence-corrected chi connectivity index (χ1v) is 6.79. The average Bonchev–Trinajstić information content (AvgIpc) is 2.82. The van der Waals surface area contributed by atoms with Crippen molar-refractivity contribution in [3.8, 4) is 0 Å². The molecule has 1 unspecified atom stereocenters. The molecule has 1 rings (SSSR count). The zero-order chi connectivity index (χ0) is 14.1. The molecule has 0 aromatic carbocycles. The van der Waals surface area contributed by atoms with Gasteiger partial charge in [-0.1, -0.05) is 20.3 Å². The van der Waals surface area contributed by atoms with Crippen molar-refractivity contribution in [3.05, 3.63) is 12.4 Å². The Morgan fingerprint density at radius 3 is 3.05 bits per heavy atom. The third kappa shape index (κ3) is 6.24. The smallest absolute Gasteiger partial charge is 0.241 e. The van der Waals surface area contributed by atoms with Gasteiger partial charge in [0.2, 0.25) is 5.91 Å². The molecule has 0 saturated heterocycles. The number of carbonyl (C=O) groups is 1. The Kier molecular flexibility index (Phi) is 6.95. The van der Waals surface area contributed by atoms with Crippen molar-refractivity contribution in [2.75, 3.05) is 25.0 Å². The molecule has 0 bridgehead atoms. The van der Waals surface area contributed by atoms with Crippen LogP contribution >= 0.6 is 0 Å². The Bertz CT molecular complexity index is 378. The van der Waals surface area contributed by atoms with E-state index in [0.717, 1.165) is 12.2 Å². The van der Waals surface area contributed by atoms with Gasteiger partial charge in [-0.3, -0.25) is 9.48 Å². The molecule has 1 heterocycles. The average molecular weight is 268 g/mol. The summed E-state index contributed by atoms with van der Waals surface area (Å²) in [6.45, 7) is 5.71. The monoisotopic (exact) mass is 268 g/mol. The summed E-state index contributed by atoms with van der Waals surface area (Å²) in [5, 5.41) is 18.6.